The van der Waals surface area contributed by atoms with Gasteiger partial charge >= 0.3 is 6.03 Å². The number of hydrogen-bond donors (Lipinski definition) is 2. The molecule has 0 unspecified atom stereocenters. The predicted molar refractivity (Wildman–Crippen MR) is 127 cm³/mol. The molecule has 2 amide bonds. The molecular formula is C22H36Cl2N6O. The topological polar surface area (TPSA) is 73.4 Å². The van der Waals surface area contributed by atoms with Gasteiger partial charge < -0.3 is 15.5 Å². The maximum Gasteiger partial charge on any atom is 0.315 e. The number of urea groups is 1. The zero-order valence-corrected chi connectivity index (χ0v) is 19.8. The van der Waals surface area contributed by atoms with Crippen LogP contribution in [0.5, 0.6) is 0 Å². The third-order valence-electron chi connectivity index (χ3n) is 7.56. The fourth-order valence-electron chi connectivity index (χ4n) is 6.68. The van der Waals surface area contributed by atoms with Crippen LogP contribution in [0.15, 0.2) is 18.5 Å². The molecule has 5 aliphatic rings. The number of nitrogens with one attached hydrogen (secondary N) is 2. The van der Waals surface area contributed by atoms with Gasteiger partial charge in [-0.3, -0.25) is 4.90 Å². The normalized spacial score (nSPS) is 31.5. The molecule has 0 spiro atoms. The highest BCUT2D eigenvalue weighted by atomic mass is 35.5. The molecule has 0 atom stereocenters. The van der Waals surface area contributed by atoms with Crippen molar-refractivity contribution in [3.63, 3.8) is 0 Å². The third-order valence-corrected chi connectivity index (χ3v) is 7.56. The van der Waals surface area contributed by atoms with E-state index in [4.69, 9.17) is 0 Å². The summed E-state index contributed by atoms with van der Waals surface area (Å²) in [5.41, 5.74) is 0.106. The third kappa shape index (κ3) is 5.74. The second kappa shape index (κ2) is 10.5. The van der Waals surface area contributed by atoms with Crippen molar-refractivity contribution < 1.29 is 4.79 Å². The Morgan fingerprint density at radius 2 is 1.55 bits per heavy atom. The van der Waals surface area contributed by atoms with Crippen LogP contribution in [-0.2, 0) is 0 Å². The maximum absolute atomic E-state index is 12.5. The quantitative estimate of drug-likeness (QED) is 0.624. The summed E-state index contributed by atoms with van der Waals surface area (Å²) in [5, 5.41) is 6.53. The summed E-state index contributed by atoms with van der Waals surface area (Å²) < 4.78 is 0. The molecule has 7 nitrogen and oxygen atoms in total. The predicted octanol–water partition coefficient (Wildman–Crippen LogP) is 3.10. The Balaban J connectivity index is 0.00000136. The lowest BCUT2D eigenvalue weighted by atomic mass is 9.53. The highest BCUT2D eigenvalue weighted by molar-refractivity contribution is 5.85. The maximum atomic E-state index is 12.5. The Labute approximate surface area is 198 Å². The van der Waals surface area contributed by atoms with Gasteiger partial charge in [-0.05, 0) is 75.3 Å². The van der Waals surface area contributed by atoms with E-state index in [1.54, 1.807) is 12.4 Å². The van der Waals surface area contributed by atoms with Gasteiger partial charge in [0.15, 0.2) is 0 Å². The molecule has 5 fully saturated rings. The number of amides is 2. The van der Waals surface area contributed by atoms with Gasteiger partial charge in [-0.2, -0.15) is 0 Å². The first-order valence-corrected chi connectivity index (χ1v) is 11.5. The highest BCUT2D eigenvalue weighted by Gasteiger charge is 2.51. The van der Waals surface area contributed by atoms with Crippen molar-refractivity contribution in [2.45, 2.75) is 50.5 Å². The van der Waals surface area contributed by atoms with Crippen LogP contribution in [0, 0.1) is 17.8 Å². The van der Waals surface area contributed by atoms with E-state index in [0.717, 1.165) is 69.4 Å². The van der Waals surface area contributed by atoms with Crippen molar-refractivity contribution >= 4 is 36.8 Å². The van der Waals surface area contributed by atoms with Gasteiger partial charge in [-0.15, -0.1) is 24.8 Å². The number of aromatic nitrogens is 2. The van der Waals surface area contributed by atoms with E-state index in [2.05, 4.69) is 30.4 Å². The summed E-state index contributed by atoms with van der Waals surface area (Å²) >= 11 is 0. The zero-order chi connectivity index (χ0) is 19.7. The van der Waals surface area contributed by atoms with E-state index in [0.29, 0.717) is 0 Å². The monoisotopic (exact) mass is 470 g/mol. The van der Waals surface area contributed by atoms with Crippen LogP contribution < -0.4 is 15.5 Å². The lowest BCUT2D eigenvalue weighted by molar-refractivity contribution is -0.0135. The van der Waals surface area contributed by atoms with Crippen molar-refractivity contribution in [1.29, 1.82) is 0 Å². The number of rotatable bonds is 6. The van der Waals surface area contributed by atoms with Crippen molar-refractivity contribution in [2.24, 2.45) is 17.8 Å². The minimum Gasteiger partial charge on any atom is -0.338 e. The fourth-order valence-corrected chi connectivity index (χ4v) is 6.68. The molecule has 0 aromatic carbocycles. The van der Waals surface area contributed by atoms with E-state index in [9.17, 15) is 4.79 Å². The molecule has 0 radical (unpaired) electrons. The lowest BCUT2D eigenvalue weighted by Gasteiger charge is -2.56. The van der Waals surface area contributed by atoms with Crippen LogP contribution in [0.3, 0.4) is 0 Å². The molecule has 1 aromatic heterocycles. The van der Waals surface area contributed by atoms with Crippen molar-refractivity contribution in [1.82, 2.24) is 25.5 Å². The van der Waals surface area contributed by atoms with Crippen LogP contribution in [0.2, 0.25) is 0 Å². The largest absolute Gasteiger partial charge is 0.338 e. The van der Waals surface area contributed by atoms with Crippen molar-refractivity contribution in [3.05, 3.63) is 18.5 Å². The summed E-state index contributed by atoms with van der Waals surface area (Å²) in [6.07, 6.45) is 12.5. The average molecular weight is 471 g/mol. The van der Waals surface area contributed by atoms with Gasteiger partial charge in [0, 0.05) is 50.7 Å². The van der Waals surface area contributed by atoms with Crippen LogP contribution >= 0.6 is 24.8 Å². The number of anilines is 1. The minimum atomic E-state index is 0. The number of halogens is 2. The molecule has 4 bridgehead atoms. The van der Waals surface area contributed by atoms with Crippen LogP contribution in [0.4, 0.5) is 10.7 Å². The highest BCUT2D eigenvalue weighted by Crippen LogP contribution is 2.55. The molecule has 174 valence electrons. The van der Waals surface area contributed by atoms with Crippen LogP contribution in [0.25, 0.3) is 0 Å². The zero-order valence-electron chi connectivity index (χ0n) is 18.2. The number of carbonyl (C=O) groups is 1. The van der Waals surface area contributed by atoms with Gasteiger partial charge in [0.1, 0.15) is 0 Å². The number of nitrogens with zero attached hydrogens (tertiary/aromatic N) is 4. The second-order valence-electron chi connectivity index (χ2n) is 9.81. The molecule has 9 heteroatoms. The standard InChI is InChI=1S/C22H34N6O.2ClH/c29-21(26-22-14-17-11-18(15-22)13-19(12-17)16-22)25-5-2-6-27-7-9-28(10-8-27)20-23-3-1-4-24-20;;/h1,3-4,17-19H,2,5-16H2,(H2,25,26,29);2*1H. The molecule has 4 saturated carbocycles. The molecule has 2 heterocycles. The van der Waals surface area contributed by atoms with E-state index < -0.39 is 0 Å². The van der Waals surface area contributed by atoms with Gasteiger partial charge in [-0.25, -0.2) is 14.8 Å². The van der Waals surface area contributed by atoms with Crippen LogP contribution in [-0.4, -0.2) is 65.7 Å². The summed E-state index contributed by atoms with van der Waals surface area (Å²) in [4.78, 5) is 25.9. The first-order chi connectivity index (χ1) is 14.2. The first-order valence-electron chi connectivity index (χ1n) is 11.5. The second-order valence-corrected chi connectivity index (χ2v) is 9.81. The number of hydrogen-bond acceptors (Lipinski definition) is 5. The molecular weight excluding hydrogens is 435 g/mol. The Morgan fingerprint density at radius 1 is 0.968 bits per heavy atom. The number of carbonyl (C=O) groups excluding carboxylic acids is 1. The lowest BCUT2D eigenvalue weighted by Crippen LogP contribution is -2.61. The first kappa shape index (κ1) is 24.3. The fraction of sp³-hybridized carbons (Fsp3) is 0.773. The Morgan fingerprint density at radius 3 is 2.13 bits per heavy atom. The van der Waals surface area contributed by atoms with Crippen molar-refractivity contribution in [2.75, 3.05) is 44.2 Å². The molecule has 6 rings (SSSR count). The molecule has 1 aromatic rings. The molecule has 2 N–H and O–H groups in total. The van der Waals surface area contributed by atoms with E-state index in [1.807, 2.05) is 6.07 Å². The van der Waals surface area contributed by atoms with E-state index in [1.165, 1.54) is 38.5 Å². The van der Waals surface area contributed by atoms with Gasteiger partial charge in [-0.1, -0.05) is 0 Å². The summed E-state index contributed by atoms with van der Waals surface area (Å²) in [6.45, 7) is 5.75. The van der Waals surface area contributed by atoms with Gasteiger partial charge in [0.05, 0.1) is 0 Å². The molecule has 1 aliphatic heterocycles. The molecule has 1 saturated heterocycles. The van der Waals surface area contributed by atoms with Gasteiger partial charge in [0.2, 0.25) is 5.95 Å². The summed E-state index contributed by atoms with van der Waals surface area (Å²) in [6, 6.07) is 1.91. The molecule has 31 heavy (non-hydrogen) atoms. The smallest absolute Gasteiger partial charge is 0.315 e. The summed E-state index contributed by atoms with van der Waals surface area (Å²) in [5.74, 6) is 3.42. The average Bonchev–Trinajstić information content (AvgIpc) is 2.71. The summed E-state index contributed by atoms with van der Waals surface area (Å²) in [7, 11) is 0. The Bertz CT molecular complexity index is 678. The van der Waals surface area contributed by atoms with E-state index >= 15 is 0 Å². The minimum absolute atomic E-state index is 0. The van der Waals surface area contributed by atoms with Crippen LogP contribution in [0.1, 0.15) is 44.9 Å². The number of piperazine rings is 1. The van der Waals surface area contributed by atoms with Gasteiger partial charge in [0.25, 0.3) is 0 Å². The Kier molecular flexibility index (Phi) is 8.27. The van der Waals surface area contributed by atoms with Crippen molar-refractivity contribution in [3.8, 4) is 0 Å². The Hall–Kier alpha value is -1.31. The SMILES string of the molecule is Cl.Cl.O=C(NCCCN1CCN(c2ncccn2)CC1)NC12CC3CC(CC(C3)C1)C2. The molecule has 4 aliphatic carbocycles. The van der Waals surface area contributed by atoms with E-state index in [-0.39, 0.29) is 36.4 Å².